The lowest BCUT2D eigenvalue weighted by atomic mass is 10.2. The highest BCUT2D eigenvalue weighted by atomic mass is 35.5. The lowest BCUT2D eigenvalue weighted by Gasteiger charge is -2.14. The Bertz CT molecular complexity index is 841. The number of amides is 1. The van der Waals surface area contributed by atoms with Gasteiger partial charge in [-0.2, -0.15) is 0 Å². The van der Waals surface area contributed by atoms with Crippen molar-refractivity contribution in [2.45, 2.75) is 13.0 Å². The van der Waals surface area contributed by atoms with E-state index < -0.39 is 22.9 Å². The van der Waals surface area contributed by atoms with E-state index >= 15 is 0 Å². The van der Waals surface area contributed by atoms with E-state index in [0.717, 1.165) is 0 Å². The summed E-state index contributed by atoms with van der Waals surface area (Å²) >= 11 is 11.7. The first-order valence-corrected chi connectivity index (χ1v) is 7.75. The minimum absolute atomic E-state index is 0.00456. The first-order chi connectivity index (χ1) is 11.8. The van der Waals surface area contributed by atoms with Crippen LogP contribution in [0.1, 0.15) is 17.3 Å². The lowest BCUT2D eigenvalue weighted by molar-refractivity contribution is -0.383. The molecule has 0 saturated heterocycles. The standard InChI is InChI=1S/C16H12Cl2N2O5/c1-9(25-16(22)11-7-6-10(17)8-12(11)18)15(21)19-13-4-2-3-5-14(13)20(23)24/h2-9H,1H3,(H,19,21)/t9-/m0/s1. The first kappa shape index (κ1) is 18.7. The van der Waals surface area contributed by atoms with E-state index in [1.165, 1.54) is 49.4 Å². The maximum atomic E-state index is 12.1. The van der Waals surface area contributed by atoms with Gasteiger partial charge in [0, 0.05) is 11.1 Å². The SMILES string of the molecule is C[C@H](OC(=O)c1ccc(Cl)cc1Cl)C(=O)Nc1ccccc1[N+](=O)[O-]. The molecule has 1 N–H and O–H groups in total. The molecule has 0 heterocycles. The maximum absolute atomic E-state index is 12.1. The molecule has 2 aromatic rings. The summed E-state index contributed by atoms with van der Waals surface area (Å²) in [5.74, 6) is -1.53. The van der Waals surface area contributed by atoms with Gasteiger partial charge in [-0.15, -0.1) is 0 Å². The van der Waals surface area contributed by atoms with Crippen LogP contribution in [0.4, 0.5) is 11.4 Å². The zero-order valence-electron chi connectivity index (χ0n) is 12.9. The fraction of sp³-hybridized carbons (Fsp3) is 0.125. The Hall–Kier alpha value is -2.64. The van der Waals surface area contributed by atoms with Crippen molar-refractivity contribution in [3.63, 3.8) is 0 Å². The number of rotatable bonds is 5. The van der Waals surface area contributed by atoms with E-state index in [2.05, 4.69) is 5.32 Å². The van der Waals surface area contributed by atoms with Gasteiger partial charge in [-0.05, 0) is 31.2 Å². The Morgan fingerprint density at radius 2 is 1.88 bits per heavy atom. The molecule has 2 aromatic carbocycles. The van der Waals surface area contributed by atoms with Crippen molar-refractivity contribution in [3.05, 3.63) is 68.2 Å². The van der Waals surface area contributed by atoms with Gasteiger partial charge in [0.1, 0.15) is 5.69 Å². The van der Waals surface area contributed by atoms with Crippen molar-refractivity contribution in [2.75, 3.05) is 5.32 Å². The second kappa shape index (κ2) is 7.96. The van der Waals surface area contributed by atoms with Crippen molar-refractivity contribution < 1.29 is 19.2 Å². The molecule has 0 aliphatic heterocycles. The molecule has 0 spiro atoms. The molecular weight excluding hydrogens is 371 g/mol. The Morgan fingerprint density at radius 3 is 2.52 bits per heavy atom. The fourth-order valence-corrected chi connectivity index (χ4v) is 2.39. The number of halogens is 2. The maximum Gasteiger partial charge on any atom is 0.340 e. The molecule has 130 valence electrons. The summed E-state index contributed by atoms with van der Waals surface area (Å²) in [5, 5.41) is 13.7. The van der Waals surface area contributed by atoms with E-state index in [9.17, 15) is 19.7 Å². The van der Waals surface area contributed by atoms with Gasteiger partial charge in [-0.3, -0.25) is 14.9 Å². The van der Waals surface area contributed by atoms with Crippen LogP contribution in [0.15, 0.2) is 42.5 Å². The van der Waals surface area contributed by atoms with E-state index in [1.54, 1.807) is 0 Å². The number of nitrogens with one attached hydrogen (secondary N) is 1. The van der Waals surface area contributed by atoms with E-state index in [0.29, 0.717) is 5.02 Å². The molecule has 7 nitrogen and oxygen atoms in total. The van der Waals surface area contributed by atoms with Gasteiger partial charge in [0.25, 0.3) is 11.6 Å². The summed E-state index contributed by atoms with van der Waals surface area (Å²) < 4.78 is 5.04. The van der Waals surface area contributed by atoms with Gasteiger partial charge in [0.05, 0.1) is 15.5 Å². The molecule has 0 radical (unpaired) electrons. The van der Waals surface area contributed by atoms with Crippen LogP contribution in [0.2, 0.25) is 10.0 Å². The summed E-state index contributed by atoms with van der Waals surface area (Å²) in [4.78, 5) is 34.5. The number of hydrogen-bond donors (Lipinski definition) is 1. The van der Waals surface area contributed by atoms with Crippen LogP contribution in [0.3, 0.4) is 0 Å². The van der Waals surface area contributed by atoms with Gasteiger partial charge >= 0.3 is 5.97 Å². The largest absolute Gasteiger partial charge is 0.449 e. The molecule has 0 unspecified atom stereocenters. The summed E-state index contributed by atoms with van der Waals surface area (Å²) in [5.41, 5.74) is -0.212. The first-order valence-electron chi connectivity index (χ1n) is 7.00. The Kier molecular flexibility index (Phi) is 5.95. The van der Waals surface area contributed by atoms with Crippen LogP contribution in [0.5, 0.6) is 0 Å². The van der Waals surface area contributed by atoms with Crippen LogP contribution in [0.25, 0.3) is 0 Å². The van der Waals surface area contributed by atoms with Crippen molar-refractivity contribution in [1.82, 2.24) is 0 Å². The van der Waals surface area contributed by atoms with E-state index in [-0.39, 0.29) is 22.0 Å². The highest BCUT2D eigenvalue weighted by Crippen LogP contribution is 2.24. The monoisotopic (exact) mass is 382 g/mol. The molecule has 25 heavy (non-hydrogen) atoms. The van der Waals surface area contributed by atoms with Crippen LogP contribution >= 0.6 is 23.2 Å². The quantitative estimate of drug-likeness (QED) is 0.477. The molecular formula is C16H12Cl2N2O5. The normalized spacial score (nSPS) is 11.5. The van der Waals surface area contributed by atoms with Crippen molar-refractivity contribution >= 4 is 46.5 Å². The number of carbonyl (C=O) groups is 2. The third-order valence-corrected chi connectivity index (χ3v) is 3.71. The number of benzene rings is 2. The second-order valence-electron chi connectivity index (χ2n) is 4.94. The molecule has 0 saturated carbocycles. The molecule has 0 aliphatic rings. The molecule has 0 aromatic heterocycles. The number of ether oxygens (including phenoxy) is 1. The van der Waals surface area contributed by atoms with E-state index in [4.69, 9.17) is 27.9 Å². The van der Waals surface area contributed by atoms with Crippen molar-refractivity contribution in [3.8, 4) is 0 Å². The molecule has 0 fully saturated rings. The van der Waals surface area contributed by atoms with Gasteiger partial charge in [-0.25, -0.2) is 4.79 Å². The summed E-state index contributed by atoms with van der Waals surface area (Å²) in [6.45, 7) is 1.34. The topological polar surface area (TPSA) is 98.5 Å². The average molecular weight is 383 g/mol. The molecule has 0 bridgehead atoms. The summed E-state index contributed by atoms with van der Waals surface area (Å²) in [7, 11) is 0. The predicted molar refractivity (Wildman–Crippen MR) is 93.1 cm³/mol. The number of nitro groups is 1. The molecule has 1 atom stereocenters. The molecule has 2 rings (SSSR count). The lowest BCUT2D eigenvalue weighted by Crippen LogP contribution is -2.30. The third-order valence-electron chi connectivity index (χ3n) is 3.16. The number of carbonyl (C=O) groups excluding carboxylic acids is 2. The van der Waals surface area contributed by atoms with Gasteiger partial charge in [-0.1, -0.05) is 35.3 Å². The predicted octanol–water partition coefficient (Wildman–Crippen LogP) is 4.09. The van der Waals surface area contributed by atoms with Crippen LogP contribution < -0.4 is 5.32 Å². The van der Waals surface area contributed by atoms with Crippen LogP contribution in [-0.2, 0) is 9.53 Å². The highest BCUT2D eigenvalue weighted by Gasteiger charge is 2.23. The van der Waals surface area contributed by atoms with Crippen molar-refractivity contribution in [2.24, 2.45) is 0 Å². The molecule has 1 amide bonds. The van der Waals surface area contributed by atoms with Crippen LogP contribution in [0, 0.1) is 10.1 Å². The number of hydrogen-bond acceptors (Lipinski definition) is 5. The van der Waals surface area contributed by atoms with Crippen molar-refractivity contribution in [1.29, 1.82) is 0 Å². The zero-order chi connectivity index (χ0) is 18.6. The Balaban J connectivity index is 2.08. The van der Waals surface area contributed by atoms with Gasteiger partial charge in [0.15, 0.2) is 6.10 Å². The minimum atomic E-state index is -1.20. The summed E-state index contributed by atoms with van der Waals surface area (Å²) in [6.07, 6.45) is -1.20. The Labute approximate surface area is 152 Å². The number of nitro benzene ring substituents is 1. The zero-order valence-corrected chi connectivity index (χ0v) is 14.4. The number of anilines is 1. The second-order valence-corrected chi connectivity index (χ2v) is 5.78. The van der Waals surface area contributed by atoms with Crippen LogP contribution in [-0.4, -0.2) is 22.9 Å². The third kappa shape index (κ3) is 4.68. The molecule has 0 aliphatic carbocycles. The Morgan fingerprint density at radius 1 is 1.20 bits per heavy atom. The average Bonchev–Trinajstić information content (AvgIpc) is 2.54. The number of esters is 1. The van der Waals surface area contributed by atoms with E-state index in [1.807, 2.05) is 0 Å². The summed E-state index contributed by atoms with van der Waals surface area (Å²) in [6, 6.07) is 9.84. The van der Waals surface area contributed by atoms with Gasteiger partial charge in [0.2, 0.25) is 0 Å². The highest BCUT2D eigenvalue weighted by molar-refractivity contribution is 6.36. The molecule has 9 heteroatoms. The number of para-hydroxylation sites is 2. The number of nitrogens with zero attached hydrogens (tertiary/aromatic N) is 1. The fourth-order valence-electron chi connectivity index (χ4n) is 1.91. The smallest absolute Gasteiger partial charge is 0.340 e. The van der Waals surface area contributed by atoms with Gasteiger partial charge < -0.3 is 10.1 Å². The minimum Gasteiger partial charge on any atom is -0.449 e.